The van der Waals surface area contributed by atoms with E-state index < -0.39 is 23.2 Å². The molecule has 0 aromatic heterocycles. The molecule has 1 aromatic carbocycles. The van der Waals surface area contributed by atoms with E-state index in [9.17, 15) is 13.2 Å². The van der Waals surface area contributed by atoms with Crippen LogP contribution in [0, 0.1) is 27.7 Å². The predicted octanol–water partition coefficient (Wildman–Crippen LogP) is 3.66. The average molecular weight is 303 g/mol. The highest BCUT2D eigenvalue weighted by Crippen LogP contribution is 2.42. The third-order valence-corrected chi connectivity index (χ3v) is 4.00. The topological polar surface area (TPSA) is 52.9 Å². The van der Waals surface area contributed by atoms with Gasteiger partial charge < -0.3 is 4.74 Å². The molecular formula is C14H16F3NO3. The van der Waals surface area contributed by atoms with Gasteiger partial charge in [-0.15, -0.1) is 5.23 Å². The van der Waals surface area contributed by atoms with E-state index in [2.05, 4.69) is 0 Å². The Labute approximate surface area is 120 Å². The number of rotatable bonds is 1. The van der Waals surface area contributed by atoms with E-state index in [1.807, 2.05) is 13.8 Å². The fraction of sp³-hybridized carbons (Fsp3) is 0.429. The maximum Gasteiger partial charge on any atom is 0.431 e. The van der Waals surface area contributed by atoms with E-state index in [1.165, 1.54) is 0 Å². The number of alkyl halides is 3. The highest BCUT2D eigenvalue weighted by atomic mass is 19.4. The van der Waals surface area contributed by atoms with Crippen molar-refractivity contribution in [3.05, 3.63) is 33.5 Å². The zero-order valence-electron chi connectivity index (χ0n) is 12.0. The van der Waals surface area contributed by atoms with Gasteiger partial charge in [-0.25, -0.2) is 0 Å². The van der Waals surface area contributed by atoms with Crippen molar-refractivity contribution in [2.75, 3.05) is 0 Å². The first-order valence-electron chi connectivity index (χ1n) is 6.29. The number of benzene rings is 1. The molecule has 7 heteroatoms. The second kappa shape index (κ2) is 4.92. The Balaban J connectivity index is 2.72. The van der Waals surface area contributed by atoms with Gasteiger partial charge in [0.05, 0.1) is 0 Å². The molecule has 1 aromatic rings. The molecule has 1 aliphatic rings. The van der Waals surface area contributed by atoms with Gasteiger partial charge in [0.1, 0.15) is 11.4 Å². The monoisotopic (exact) mass is 303 g/mol. The minimum absolute atomic E-state index is 0.128. The zero-order valence-corrected chi connectivity index (χ0v) is 12.0. The minimum atomic E-state index is -4.76. The van der Waals surface area contributed by atoms with E-state index >= 15 is 0 Å². The van der Waals surface area contributed by atoms with Crippen molar-refractivity contribution in [2.45, 2.75) is 40.0 Å². The van der Waals surface area contributed by atoms with Crippen LogP contribution in [0.15, 0.2) is 5.70 Å². The quantitative estimate of drug-likeness (QED) is 0.777. The van der Waals surface area contributed by atoms with Crippen molar-refractivity contribution in [1.29, 1.82) is 0 Å². The molecule has 1 atom stereocenters. The third kappa shape index (κ3) is 2.47. The fourth-order valence-corrected chi connectivity index (χ4v) is 2.43. The lowest BCUT2D eigenvalue weighted by atomic mass is 9.91. The maximum absolute atomic E-state index is 13.0. The summed E-state index contributed by atoms with van der Waals surface area (Å²) in [5.41, 5.74) is 2.81. The van der Waals surface area contributed by atoms with Crippen LogP contribution in [0.2, 0.25) is 0 Å². The Hall–Kier alpha value is -1.73. The number of hydrogen-bond acceptors (Lipinski definition) is 4. The van der Waals surface area contributed by atoms with Gasteiger partial charge in [0.2, 0.25) is 6.10 Å². The molecule has 1 aliphatic heterocycles. The molecular weight excluding hydrogens is 287 g/mol. The summed E-state index contributed by atoms with van der Waals surface area (Å²) in [6, 6.07) is 0. The zero-order chi connectivity index (χ0) is 16.1. The summed E-state index contributed by atoms with van der Waals surface area (Å²) in [6.07, 6.45) is -6.07. The smallest absolute Gasteiger partial charge is 0.431 e. The standard InChI is InChI=1S/C14H16F3NO3/c1-6-7(2)9(4)12-10(8(6)3)5-11(18(19)20)13(21-12)14(15,16)17/h5,13,19-20H,1-4H3. The normalized spacial score (nSPS) is 18.0. The molecule has 1 unspecified atom stereocenters. The number of halogens is 3. The minimum Gasteiger partial charge on any atom is -0.473 e. The van der Waals surface area contributed by atoms with E-state index in [1.54, 1.807) is 13.8 Å². The van der Waals surface area contributed by atoms with Crippen LogP contribution in [-0.4, -0.2) is 27.9 Å². The number of nitrogens with zero attached hydrogens (tertiary/aromatic N) is 1. The largest absolute Gasteiger partial charge is 0.473 e. The highest BCUT2D eigenvalue weighted by Gasteiger charge is 2.48. The SMILES string of the molecule is Cc1c(C)c(C)c2c(c1C)C=C(N(O)O)C(C(F)(F)F)O2. The molecule has 0 saturated heterocycles. The van der Waals surface area contributed by atoms with Crippen LogP contribution < -0.4 is 4.74 Å². The van der Waals surface area contributed by atoms with Crippen LogP contribution in [0.1, 0.15) is 27.8 Å². The van der Waals surface area contributed by atoms with Crippen LogP contribution in [0.25, 0.3) is 6.08 Å². The lowest BCUT2D eigenvalue weighted by Gasteiger charge is -2.32. The Kier molecular flexibility index (Phi) is 3.67. The number of fused-ring (bicyclic) bond motifs is 1. The van der Waals surface area contributed by atoms with Gasteiger partial charge in [0.25, 0.3) is 0 Å². The highest BCUT2D eigenvalue weighted by molar-refractivity contribution is 5.70. The average Bonchev–Trinajstić information content (AvgIpc) is 2.40. The summed E-state index contributed by atoms with van der Waals surface area (Å²) in [7, 11) is 0. The van der Waals surface area contributed by atoms with Gasteiger partial charge in [0, 0.05) is 5.56 Å². The number of ether oxygens (including phenoxy) is 1. The lowest BCUT2D eigenvalue weighted by Crippen LogP contribution is -2.42. The van der Waals surface area contributed by atoms with Crippen LogP contribution in [0.3, 0.4) is 0 Å². The Morgan fingerprint density at radius 1 is 1.00 bits per heavy atom. The predicted molar refractivity (Wildman–Crippen MR) is 69.3 cm³/mol. The second-order valence-electron chi connectivity index (χ2n) is 5.14. The second-order valence-corrected chi connectivity index (χ2v) is 5.14. The van der Waals surface area contributed by atoms with Crippen molar-refractivity contribution in [3.8, 4) is 5.75 Å². The van der Waals surface area contributed by atoms with Gasteiger partial charge in [-0.2, -0.15) is 13.2 Å². The fourth-order valence-electron chi connectivity index (χ4n) is 2.43. The third-order valence-electron chi connectivity index (χ3n) is 4.00. The lowest BCUT2D eigenvalue weighted by molar-refractivity contribution is -0.300. The first kappa shape index (κ1) is 15.7. The Morgan fingerprint density at radius 3 is 2.00 bits per heavy atom. The first-order chi connectivity index (χ1) is 9.55. The van der Waals surface area contributed by atoms with Crippen molar-refractivity contribution >= 4 is 6.08 Å². The van der Waals surface area contributed by atoms with Crippen molar-refractivity contribution in [2.24, 2.45) is 0 Å². The molecule has 0 aliphatic carbocycles. The van der Waals surface area contributed by atoms with Crippen molar-refractivity contribution in [1.82, 2.24) is 5.23 Å². The van der Waals surface area contributed by atoms with Gasteiger partial charge in [-0.05, 0) is 56.0 Å². The molecule has 0 spiro atoms. The molecule has 2 N–H and O–H groups in total. The van der Waals surface area contributed by atoms with Gasteiger partial charge in [0.15, 0.2) is 0 Å². The molecule has 4 nitrogen and oxygen atoms in total. The molecule has 0 amide bonds. The molecule has 1 heterocycles. The summed E-state index contributed by atoms with van der Waals surface area (Å²) >= 11 is 0. The molecule has 0 bridgehead atoms. The van der Waals surface area contributed by atoms with Crippen LogP contribution >= 0.6 is 0 Å². The van der Waals surface area contributed by atoms with E-state index in [0.717, 1.165) is 22.8 Å². The van der Waals surface area contributed by atoms with Gasteiger partial charge in [-0.3, -0.25) is 10.4 Å². The summed E-state index contributed by atoms with van der Waals surface area (Å²) in [5.74, 6) is 0.128. The van der Waals surface area contributed by atoms with Crippen LogP contribution in [0.4, 0.5) is 13.2 Å². The Bertz CT molecular complexity index is 621. The molecule has 21 heavy (non-hydrogen) atoms. The summed E-state index contributed by atoms with van der Waals surface area (Å²) < 4.78 is 44.2. The number of hydroxylamine groups is 2. The summed E-state index contributed by atoms with van der Waals surface area (Å²) in [4.78, 5) is 0. The van der Waals surface area contributed by atoms with Crippen molar-refractivity contribution in [3.63, 3.8) is 0 Å². The van der Waals surface area contributed by atoms with Crippen molar-refractivity contribution < 1.29 is 28.3 Å². The van der Waals surface area contributed by atoms with E-state index in [4.69, 9.17) is 15.2 Å². The first-order valence-corrected chi connectivity index (χ1v) is 6.29. The van der Waals surface area contributed by atoms with Gasteiger partial charge >= 0.3 is 6.18 Å². The van der Waals surface area contributed by atoms with Crippen LogP contribution in [-0.2, 0) is 0 Å². The molecule has 116 valence electrons. The number of hydrogen-bond donors (Lipinski definition) is 2. The Morgan fingerprint density at radius 2 is 1.52 bits per heavy atom. The summed E-state index contributed by atoms with van der Waals surface area (Å²) in [6.45, 7) is 7.11. The van der Waals surface area contributed by atoms with E-state index in [0.29, 0.717) is 11.1 Å². The molecule has 0 fully saturated rings. The van der Waals surface area contributed by atoms with Crippen LogP contribution in [0.5, 0.6) is 5.75 Å². The summed E-state index contributed by atoms with van der Waals surface area (Å²) in [5, 5.41) is 17.6. The maximum atomic E-state index is 13.0. The molecule has 0 radical (unpaired) electrons. The van der Waals surface area contributed by atoms with E-state index in [-0.39, 0.29) is 5.75 Å². The molecule has 2 rings (SSSR count). The van der Waals surface area contributed by atoms with Gasteiger partial charge in [-0.1, -0.05) is 0 Å². The molecule has 0 saturated carbocycles.